The van der Waals surface area contributed by atoms with E-state index >= 15 is 0 Å². The molecule has 0 aromatic carbocycles. The molecule has 0 spiro atoms. The van der Waals surface area contributed by atoms with Crippen LogP contribution < -0.4 is 5.43 Å². The van der Waals surface area contributed by atoms with Gasteiger partial charge in [-0.05, 0) is 32.3 Å². The lowest BCUT2D eigenvalue weighted by Crippen LogP contribution is -2.42. The molecule has 1 fully saturated rings. The van der Waals surface area contributed by atoms with Crippen LogP contribution in [0, 0.1) is 5.92 Å². The molecule has 4 nitrogen and oxygen atoms in total. The molecule has 0 saturated carbocycles. The molecule has 2 heterocycles. The Balaban J connectivity index is 1.71. The Morgan fingerprint density at radius 1 is 1.47 bits per heavy atom. The van der Waals surface area contributed by atoms with Gasteiger partial charge in [-0.3, -0.25) is 5.01 Å². The molecule has 4 atom stereocenters. The highest BCUT2D eigenvalue weighted by Crippen LogP contribution is 2.29. The van der Waals surface area contributed by atoms with Crippen LogP contribution in [0.5, 0.6) is 0 Å². The number of ether oxygens (including phenoxy) is 1. The van der Waals surface area contributed by atoms with Gasteiger partial charge in [-0.15, -0.1) is 0 Å². The summed E-state index contributed by atoms with van der Waals surface area (Å²) in [7, 11) is 0. The molecule has 3 aliphatic rings. The molecule has 104 valence electrons. The topological polar surface area (TPSA) is 44.7 Å². The number of rotatable bonds is 2. The lowest BCUT2D eigenvalue weighted by Gasteiger charge is -2.26. The molecule has 2 N–H and O–H groups in total. The maximum absolute atomic E-state index is 9.67. The zero-order chi connectivity index (χ0) is 13.2. The second-order valence-electron chi connectivity index (χ2n) is 5.56. The summed E-state index contributed by atoms with van der Waals surface area (Å²) in [5.74, 6) is 1.35. The predicted molar refractivity (Wildman–Crippen MR) is 73.9 cm³/mol. The number of hydrogen-bond donors (Lipinski definition) is 2. The lowest BCUT2D eigenvalue weighted by atomic mass is 9.92. The fraction of sp³-hybridized carbons (Fsp3) is 0.600. The van der Waals surface area contributed by atoms with Crippen molar-refractivity contribution < 1.29 is 9.84 Å². The Labute approximate surface area is 114 Å². The van der Waals surface area contributed by atoms with Crippen molar-refractivity contribution in [2.75, 3.05) is 6.54 Å². The molecule has 2 aliphatic heterocycles. The highest BCUT2D eigenvalue weighted by molar-refractivity contribution is 5.14. The first-order valence-electron chi connectivity index (χ1n) is 7.17. The fourth-order valence-corrected chi connectivity index (χ4v) is 2.89. The Kier molecular flexibility index (Phi) is 3.62. The number of hydrogen-bond acceptors (Lipinski definition) is 4. The average molecular weight is 262 g/mol. The van der Waals surface area contributed by atoms with Crippen LogP contribution in [0.2, 0.25) is 0 Å². The Hall–Kier alpha value is -1.26. The van der Waals surface area contributed by atoms with Crippen LogP contribution in [0.1, 0.15) is 26.2 Å². The highest BCUT2D eigenvalue weighted by atomic mass is 16.5. The molecule has 1 saturated heterocycles. The molecule has 1 aliphatic carbocycles. The molecule has 4 heteroatoms. The summed E-state index contributed by atoms with van der Waals surface area (Å²) < 4.78 is 6.18. The van der Waals surface area contributed by atoms with Gasteiger partial charge in [-0.1, -0.05) is 24.3 Å². The van der Waals surface area contributed by atoms with Crippen molar-refractivity contribution in [3.8, 4) is 0 Å². The molecule has 3 rings (SSSR count). The van der Waals surface area contributed by atoms with E-state index < -0.39 is 6.10 Å². The van der Waals surface area contributed by atoms with Gasteiger partial charge in [-0.25, -0.2) is 5.43 Å². The van der Waals surface area contributed by atoms with Gasteiger partial charge in [0, 0.05) is 12.5 Å². The monoisotopic (exact) mass is 262 g/mol. The molecule has 19 heavy (non-hydrogen) atoms. The Morgan fingerprint density at radius 2 is 2.37 bits per heavy atom. The number of nitrogens with one attached hydrogen (secondary N) is 1. The maximum atomic E-state index is 9.67. The van der Waals surface area contributed by atoms with E-state index in [0.29, 0.717) is 5.92 Å². The van der Waals surface area contributed by atoms with Crippen LogP contribution in [0.3, 0.4) is 0 Å². The van der Waals surface area contributed by atoms with E-state index in [-0.39, 0.29) is 12.1 Å². The van der Waals surface area contributed by atoms with Crippen LogP contribution in [0.4, 0.5) is 0 Å². The molecular weight excluding hydrogens is 240 g/mol. The van der Waals surface area contributed by atoms with Crippen LogP contribution in [0.25, 0.3) is 0 Å². The van der Waals surface area contributed by atoms with Crippen molar-refractivity contribution in [3.05, 3.63) is 36.3 Å². The summed E-state index contributed by atoms with van der Waals surface area (Å²) >= 11 is 0. The number of allylic oxidation sites excluding steroid dienone is 3. The summed E-state index contributed by atoms with van der Waals surface area (Å²) in [6.07, 6.45) is 13.7. The molecule has 0 aromatic heterocycles. The zero-order valence-corrected chi connectivity index (χ0v) is 11.3. The van der Waals surface area contributed by atoms with E-state index in [1.165, 1.54) is 0 Å². The van der Waals surface area contributed by atoms with Crippen LogP contribution >= 0.6 is 0 Å². The first-order chi connectivity index (χ1) is 9.24. The first kappa shape index (κ1) is 12.8. The van der Waals surface area contributed by atoms with Gasteiger partial charge in [0.05, 0.1) is 12.1 Å². The molecule has 0 radical (unpaired) electrons. The Morgan fingerprint density at radius 3 is 3.11 bits per heavy atom. The van der Waals surface area contributed by atoms with Gasteiger partial charge in [0.15, 0.2) is 0 Å². The molecule has 0 bridgehead atoms. The van der Waals surface area contributed by atoms with Crippen molar-refractivity contribution in [3.63, 3.8) is 0 Å². The second-order valence-corrected chi connectivity index (χ2v) is 5.56. The van der Waals surface area contributed by atoms with Crippen molar-refractivity contribution >= 4 is 0 Å². The smallest absolute Gasteiger partial charge is 0.201 e. The van der Waals surface area contributed by atoms with Crippen molar-refractivity contribution in [2.45, 2.75) is 44.4 Å². The summed E-state index contributed by atoms with van der Waals surface area (Å²) in [5.41, 5.74) is 3.29. The van der Waals surface area contributed by atoms with Crippen LogP contribution in [0.15, 0.2) is 36.3 Å². The van der Waals surface area contributed by atoms with Crippen molar-refractivity contribution in [2.24, 2.45) is 5.92 Å². The van der Waals surface area contributed by atoms with Gasteiger partial charge >= 0.3 is 0 Å². The normalized spacial score (nSPS) is 35.4. The highest BCUT2D eigenvalue weighted by Gasteiger charge is 2.33. The predicted octanol–water partition coefficient (Wildman–Crippen LogP) is 1.71. The standard InChI is InChI=1S/C15H22N2O2/c1-11(18)13-10-15-17(16-13)9-5-8-14(19-15)12-6-3-2-4-7-12/h2-4,6,10-14,16,18H,5,7-9H2,1H3. The summed E-state index contributed by atoms with van der Waals surface area (Å²) in [6.45, 7) is 2.74. The zero-order valence-electron chi connectivity index (χ0n) is 11.3. The third kappa shape index (κ3) is 2.69. The van der Waals surface area contributed by atoms with E-state index in [2.05, 4.69) is 29.7 Å². The van der Waals surface area contributed by atoms with E-state index in [4.69, 9.17) is 4.74 Å². The minimum atomic E-state index is -0.404. The third-order valence-electron chi connectivity index (χ3n) is 4.05. The molecular formula is C15H22N2O2. The minimum Gasteiger partial charge on any atom is -0.474 e. The lowest BCUT2D eigenvalue weighted by molar-refractivity contribution is 0.0350. The van der Waals surface area contributed by atoms with Gasteiger partial charge in [0.1, 0.15) is 6.10 Å². The summed E-state index contributed by atoms with van der Waals surface area (Å²) in [6, 6.07) is -0.0319. The van der Waals surface area contributed by atoms with Gasteiger partial charge in [0.2, 0.25) is 5.88 Å². The fourth-order valence-electron chi connectivity index (χ4n) is 2.89. The molecule has 0 amide bonds. The van der Waals surface area contributed by atoms with E-state index in [9.17, 15) is 5.11 Å². The van der Waals surface area contributed by atoms with Gasteiger partial charge < -0.3 is 9.84 Å². The average Bonchev–Trinajstić information content (AvgIpc) is 2.72. The number of fused-ring (bicyclic) bond motifs is 1. The number of hydrazine groups is 1. The molecule has 4 unspecified atom stereocenters. The van der Waals surface area contributed by atoms with E-state index in [0.717, 1.165) is 31.7 Å². The van der Waals surface area contributed by atoms with E-state index in [1.54, 1.807) is 6.92 Å². The number of aliphatic hydroxyl groups is 1. The third-order valence-corrected chi connectivity index (χ3v) is 4.05. The summed E-state index contributed by atoms with van der Waals surface area (Å²) in [4.78, 5) is 0. The van der Waals surface area contributed by atoms with Crippen molar-refractivity contribution in [1.29, 1.82) is 0 Å². The largest absolute Gasteiger partial charge is 0.474 e. The number of aliphatic hydroxyl groups excluding tert-OH is 1. The minimum absolute atomic E-state index is 0.0319. The van der Waals surface area contributed by atoms with Crippen LogP contribution in [-0.4, -0.2) is 34.9 Å². The summed E-state index contributed by atoms with van der Waals surface area (Å²) in [5, 5.41) is 11.7. The first-order valence-corrected chi connectivity index (χ1v) is 7.17. The number of nitrogens with zero attached hydrogens (tertiary/aromatic N) is 1. The van der Waals surface area contributed by atoms with Gasteiger partial charge in [-0.2, -0.15) is 0 Å². The van der Waals surface area contributed by atoms with Crippen molar-refractivity contribution in [1.82, 2.24) is 10.4 Å². The Bertz CT molecular complexity index is 414. The second kappa shape index (κ2) is 5.39. The maximum Gasteiger partial charge on any atom is 0.201 e. The van der Waals surface area contributed by atoms with Gasteiger partial charge in [0.25, 0.3) is 0 Å². The SMILES string of the molecule is CC(O)C1C=C2OC(C3C=CC=CC3)CCCN2N1. The van der Waals surface area contributed by atoms with Crippen LogP contribution in [-0.2, 0) is 4.74 Å². The molecule has 0 aromatic rings. The quantitative estimate of drug-likeness (QED) is 0.795. The van der Waals surface area contributed by atoms with E-state index in [1.807, 2.05) is 11.1 Å².